The van der Waals surface area contributed by atoms with Gasteiger partial charge in [-0.05, 0) is 26.3 Å². The fourth-order valence-corrected chi connectivity index (χ4v) is 2.20. The normalized spacial score (nSPS) is 11.1. The van der Waals surface area contributed by atoms with E-state index in [0.29, 0.717) is 6.54 Å². The quantitative estimate of drug-likeness (QED) is 0.839. The van der Waals surface area contributed by atoms with Crippen LogP contribution in [0.2, 0.25) is 5.02 Å². The molecule has 0 radical (unpaired) electrons. The average Bonchev–Trinajstić information content (AvgIpc) is 2.86. The van der Waals surface area contributed by atoms with Gasteiger partial charge in [0.25, 0.3) is 0 Å². The Morgan fingerprint density at radius 3 is 2.59 bits per heavy atom. The molecule has 0 saturated carbocycles. The van der Waals surface area contributed by atoms with Crippen LogP contribution >= 0.6 is 11.6 Å². The Hall–Kier alpha value is -1.29. The summed E-state index contributed by atoms with van der Waals surface area (Å²) in [5.41, 5.74) is 3.13. The Bertz CT molecular complexity index is 513. The van der Waals surface area contributed by atoms with Crippen molar-refractivity contribution in [2.45, 2.75) is 40.3 Å². The molecule has 4 nitrogen and oxygen atoms in total. The fraction of sp³-hybridized carbons (Fsp3) is 0.500. The van der Waals surface area contributed by atoms with Gasteiger partial charge in [-0.25, -0.2) is 0 Å². The van der Waals surface area contributed by atoms with E-state index in [1.54, 1.807) is 6.20 Å². The van der Waals surface area contributed by atoms with Gasteiger partial charge < -0.3 is 0 Å². The van der Waals surface area contributed by atoms with Gasteiger partial charge in [-0.15, -0.1) is 0 Å². The zero-order chi connectivity index (χ0) is 12.4. The predicted molar refractivity (Wildman–Crippen MR) is 68.4 cm³/mol. The molecule has 0 fully saturated rings. The molecule has 2 rings (SSSR count). The second kappa shape index (κ2) is 4.92. The Morgan fingerprint density at radius 1 is 1.29 bits per heavy atom. The lowest BCUT2D eigenvalue weighted by Gasteiger charge is -2.07. The molecule has 0 atom stereocenters. The first-order valence-corrected chi connectivity index (χ1v) is 6.27. The van der Waals surface area contributed by atoms with Crippen LogP contribution in [-0.4, -0.2) is 19.6 Å². The highest BCUT2D eigenvalue weighted by Crippen LogP contribution is 2.22. The van der Waals surface area contributed by atoms with E-state index in [1.165, 1.54) is 0 Å². The highest BCUT2D eigenvalue weighted by atomic mass is 35.5. The zero-order valence-electron chi connectivity index (χ0n) is 10.4. The molecule has 0 aliphatic carbocycles. The summed E-state index contributed by atoms with van der Waals surface area (Å²) >= 11 is 6.35. The Labute approximate surface area is 106 Å². The predicted octanol–water partition coefficient (Wildman–Crippen LogP) is 2.67. The molecule has 0 aliphatic heterocycles. The van der Waals surface area contributed by atoms with Gasteiger partial charge in [-0.3, -0.25) is 9.36 Å². The lowest BCUT2D eigenvalue weighted by atomic mass is 10.3. The monoisotopic (exact) mass is 252 g/mol. The van der Waals surface area contributed by atoms with Crippen LogP contribution in [0.15, 0.2) is 12.3 Å². The molecule has 2 aromatic rings. The van der Waals surface area contributed by atoms with Crippen LogP contribution in [0.25, 0.3) is 0 Å². The number of hydrogen-bond acceptors (Lipinski definition) is 2. The fourth-order valence-electron chi connectivity index (χ4n) is 1.87. The van der Waals surface area contributed by atoms with E-state index in [9.17, 15) is 0 Å². The van der Waals surface area contributed by atoms with Gasteiger partial charge in [-0.1, -0.05) is 18.5 Å². The van der Waals surface area contributed by atoms with Crippen molar-refractivity contribution in [1.82, 2.24) is 19.6 Å². The lowest BCUT2D eigenvalue weighted by molar-refractivity contribution is 0.567. The SMILES string of the molecule is CCc1nn(CC)c(Cn2nccc2C)c1Cl. The average molecular weight is 253 g/mol. The maximum atomic E-state index is 6.35. The minimum atomic E-state index is 0.679. The highest BCUT2D eigenvalue weighted by molar-refractivity contribution is 6.31. The molecule has 0 aromatic carbocycles. The topological polar surface area (TPSA) is 35.6 Å². The molecule has 0 saturated heterocycles. The summed E-state index contributed by atoms with van der Waals surface area (Å²) in [6.45, 7) is 7.68. The van der Waals surface area contributed by atoms with Gasteiger partial charge in [0.05, 0.1) is 23.0 Å². The van der Waals surface area contributed by atoms with Crippen molar-refractivity contribution >= 4 is 11.6 Å². The summed E-state index contributed by atoms with van der Waals surface area (Å²) < 4.78 is 3.90. The van der Waals surface area contributed by atoms with Gasteiger partial charge in [0, 0.05) is 18.4 Å². The number of aromatic nitrogens is 4. The molecule has 0 amide bonds. The summed E-state index contributed by atoms with van der Waals surface area (Å²) in [4.78, 5) is 0. The molecular formula is C12H17ClN4. The molecule has 2 heterocycles. The second-order valence-electron chi connectivity index (χ2n) is 4.01. The van der Waals surface area contributed by atoms with Gasteiger partial charge in [0.15, 0.2) is 0 Å². The van der Waals surface area contributed by atoms with Crippen LogP contribution in [0.4, 0.5) is 0 Å². The van der Waals surface area contributed by atoms with E-state index in [1.807, 2.05) is 22.4 Å². The number of rotatable bonds is 4. The van der Waals surface area contributed by atoms with Crippen molar-refractivity contribution in [2.75, 3.05) is 0 Å². The van der Waals surface area contributed by atoms with Crippen LogP contribution in [0.1, 0.15) is 30.9 Å². The first kappa shape index (κ1) is 12.2. The van der Waals surface area contributed by atoms with E-state index in [2.05, 4.69) is 24.0 Å². The molecule has 5 heteroatoms. The first-order valence-electron chi connectivity index (χ1n) is 5.89. The van der Waals surface area contributed by atoms with Gasteiger partial charge in [-0.2, -0.15) is 10.2 Å². The van der Waals surface area contributed by atoms with Crippen LogP contribution in [0.5, 0.6) is 0 Å². The summed E-state index contributed by atoms with van der Waals surface area (Å²) in [5.74, 6) is 0. The molecule has 0 spiro atoms. The van der Waals surface area contributed by atoms with Crippen molar-refractivity contribution in [3.8, 4) is 0 Å². The summed E-state index contributed by atoms with van der Waals surface area (Å²) in [6.07, 6.45) is 2.66. The maximum Gasteiger partial charge on any atom is 0.0869 e. The van der Waals surface area contributed by atoms with E-state index in [0.717, 1.165) is 35.1 Å². The van der Waals surface area contributed by atoms with Crippen molar-refractivity contribution in [2.24, 2.45) is 0 Å². The third-order valence-corrected chi connectivity index (χ3v) is 3.36. The largest absolute Gasteiger partial charge is 0.266 e. The molecule has 92 valence electrons. The van der Waals surface area contributed by atoms with Gasteiger partial charge >= 0.3 is 0 Å². The van der Waals surface area contributed by atoms with Crippen LogP contribution < -0.4 is 0 Å². The van der Waals surface area contributed by atoms with Crippen LogP contribution in [0, 0.1) is 6.92 Å². The van der Waals surface area contributed by atoms with Gasteiger partial charge in [0.2, 0.25) is 0 Å². The third-order valence-electron chi connectivity index (χ3n) is 2.92. The molecule has 0 unspecified atom stereocenters. The van der Waals surface area contributed by atoms with Crippen molar-refractivity contribution < 1.29 is 0 Å². The first-order chi connectivity index (χ1) is 8.17. The minimum Gasteiger partial charge on any atom is -0.266 e. The molecule has 0 aliphatic rings. The zero-order valence-corrected chi connectivity index (χ0v) is 11.2. The minimum absolute atomic E-state index is 0.679. The standard InChI is InChI=1S/C12H17ClN4/c1-4-10-12(13)11(16(5-2)15-10)8-17-9(3)6-7-14-17/h6-7H,4-5,8H2,1-3H3. The number of hydrogen-bond donors (Lipinski definition) is 0. The van der Waals surface area contributed by atoms with E-state index < -0.39 is 0 Å². The molecule has 2 aromatic heterocycles. The molecular weight excluding hydrogens is 236 g/mol. The highest BCUT2D eigenvalue weighted by Gasteiger charge is 2.15. The Balaban J connectivity index is 2.38. The number of aryl methyl sites for hydroxylation is 3. The van der Waals surface area contributed by atoms with Crippen LogP contribution in [0.3, 0.4) is 0 Å². The van der Waals surface area contributed by atoms with Crippen molar-refractivity contribution in [3.05, 3.63) is 34.4 Å². The third kappa shape index (κ3) is 2.22. The number of nitrogens with zero attached hydrogens (tertiary/aromatic N) is 4. The van der Waals surface area contributed by atoms with Crippen molar-refractivity contribution in [1.29, 1.82) is 0 Å². The Morgan fingerprint density at radius 2 is 2.06 bits per heavy atom. The number of halogens is 1. The van der Waals surface area contributed by atoms with Crippen molar-refractivity contribution in [3.63, 3.8) is 0 Å². The smallest absolute Gasteiger partial charge is 0.0869 e. The Kier molecular flexibility index (Phi) is 3.52. The molecule has 17 heavy (non-hydrogen) atoms. The van der Waals surface area contributed by atoms with Crippen LogP contribution in [-0.2, 0) is 19.5 Å². The van der Waals surface area contributed by atoms with E-state index in [4.69, 9.17) is 11.6 Å². The van der Waals surface area contributed by atoms with E-state index in [-0.39, 0.29) is 0 Å². The molecule has 0 N–H and O–H groups in total. The summed E-state index contributed by atoms with van der Waals surface area (Å²) in [5, 5.41) is 9.56. The van der Waals surface area contributed by atoms with E-state index >= 15 is 0 Å². The van der Waals surface area contributed by atoms with Gasteiger partial charge in [0.1, 0.15) is 0 Å². The summed E-state index contributed by atoms with van der Waals surface area (Å²) in [6, 6.07) is 1.99. The lowest BCUT2D eigenvalue weighted by Crippen LogP contribution is -2.10. The molecule has 0 bridgehead atoms. The second-order valence-corrected chi connectivity index (χ2v) is 4.38. The maximum absolute atomic E-state index is 6.35. The summed E-state index contributed by atoms with van der Waals surface area (Å²) in [7, 11) is 0.